The second-order valence-corrected chi connectivity index (χ2v) is 3.46. The highest BCUT2D eigenvalue weighted by atomic mass is 16.5. The summed E-state index contributed by atoms with van der Waals surface area (Å²) in [5.74, 6) is 0.0271. The van der Waals surface area contributed by atoms with Crippen molar-refractivity contribution in [3.8, 4) is 0 Å². The Kier molecular flexibility index (Phi) is 2.47. The van der Waals surface area contributed by atoms with Crippen LogP contribution >= 0.6 is 0 Å². The highest BCUT2D eigenvalue weighted by Gasteiger charge is 2.20. The van der Waals surface area contributed by atoms with E-state index in [4.69, 9.17) is 0 Å². The van der Waals surface area contributed by atoms with E-state index in [-0.39, 0.29) is 11.5 Å². The number of benzene rings is 1. The molecule has 0 aliphatic carbocycles. The van der Waals surface area contributed by atoms with E-state index in [2.05, 4.69) is 10.4 Å². The first-order chi connectivity index (χ1) is 7.65. The van der Waals surface area contributed by atoms with Gasteiger partial charge in [-0.3, -0.25) is 5.32 Å². The molecule has 6 nitrogen and oxygen atoms in total. The Bertz CT molecular complexity index is 542. The lowest BCUT2D eigenvalue weighted by Crippen LogP contribution is -2.44. The molecule has 0 atom stereocenters. The van der Waals surface area contributed by atoms with Gasteiger partial charge >= 0.3 is 5.95 Å². The number of para-hydroxylation sites is 1. The summed E-state index contributed by atoms with van der Waals surface area (Å²) in [5.41, 5.74) is 1.37. The Morgan fingerprint density at radius 3 is 2.81 bits per heavy atom. The van der Waals surface area contributed by atoms with Crippen molar-refractivity contribution in [2.45, 2.75) is 13.8 Å². The topological polar surface area (TPSA) is 78.8 Å². The first kappa shape index (κ1) is 10.4. The molecule has 0 aliphatic heterocycles. The summed E-state index contributed by atoms with van der Waals surface area (Å²) in [6.45, 7) is 4.15. The first-order valence-electron chi connectivity index (χ1n) is 5.01. The first-order valence-corrected chi connectivity index (χ1v) is 5.01. The molecule has 1 heterocycles. The maximum atomic E-state index is 11.9. The molecule has 0 spiro atoms. The minimum Gasteiger partial charge on any atom is -0.739 e. The SMILES string of the molecule is CCNc1n[n+]([O-])c2cccc(C)c2[n+]1[O-]. The summed E-state index contributed by atoms with van der Waals surface area (Å²) < 4.78 is 0.655. The molecular weight excluding hydrogens is 208 g/mol. The summed E-state index contributed by atoms with van der Waals surface area (Å²) in [4.78, 5) is 0.467. The molecule has 1 aromatic heterocycles. The summed E-state index contributed by atoms with van der Waals surface area (Å²) in [6.07, 6.45) is 0. The van der Waals surface area contributed by atoms with Crippen molar-refractivity contribution < 1.29 is 9.58 Å². The van der Waals surface area contributed by atoms with Crippen LogP contribution in [0.15, 0.2) is 18.2 Å². The molecule has 0 amide bonds. The highest BCUT2D eigenvalue weighted by molar-refractivity contribution is 5.71. The molecule has 2 aromatic rings. The molecule has 0 bridgehead atoms. The third-order valence-electron chi connectivity index (χ3n) is 2.34. The molecule has 0 unspecified atom stereocenters. The second-order valence-electron chi connectivity index (χ2n) is 3.46. The van der Waals surface area contributed by atoms with Crippen LogP contribution in [-0.4, -0.2) is 11.6 Å². The minimum atomic E-state index is 0.0271. The van der Waals surface area contributed by atoms with Gasteiger partial charge in [0.05, 0.1) is 6.54 Å². The van der Waals surface area contributed by atoms with E-state index < -0.39 is 0 Å². The molecule has 84 valence electrons. The highest BCUT2D eigenvalue weighted by Crippen LogP contribution is 2.11. The molecule has 0 saturated carbocycles. The number of rotatable bonds is 2. The van der Waals surface area contributed by atoms with Gasteiger partial charge in [0.1, 0.15) is 0 Å². The normalized spacial score (nSPS) is 10.6. The van der Waals surface area contributed by atoms with E-state index in [0.717, 1.165) is 5.56 Å². The van der Waals surface area contributed by atoms with Crippen molar-refractivity contribution >= 4 is 17.0 Å². The molecule has 0 saturated heterocycles. The zero-order valence-electron chi connectivity index (χ0n) is 9.10. The van der Waals surface area contributed by atoms with Gasteiger partial charge < -0.3 is 10.4 Å². The van der Waals surface area contributed by atoms with Gasteiger partial charge in [0.15, 0.2) is 5.52 Å². The molecule has 2 rings (SSSR count). The van der Waals surface area contributed by atoms with Gasteiger partial charge in [-0.05, 0) is 19.4 Å². The maximum absolute atomic E-state index is 11.9. The monoisotopic (exact) mass is 220 g/mol. The van der Waals surface area contributed by atoms with Crippen molar-refractivity contribution in [3.63, 3.8) is 0 Å². The van der Waals surface area contributed by atoms with Crippen LogP contribution < -0.4 is 14.9 Å². The number of fused-ring (bicyclic) bond motifs is 1. The van der Waals surface area contributed by atoms with Crippen LogP contribution in [0.25, 0.3) is 11.0 Å². The quantitative estimate of drug-likeness (QED) is 0.581. The van der Waals surface area contributed by atoms with Gasteiger partial charge in [0, 0.05) is 10.9 Å². The van der Waals surface area contributed by atoms with Crippen molar-refractivity contribution in [3.05, 3.63) is 34.2 Å². The Balaban J connectivity index is 2.81. The Labute approximate surface area is 92.3 Å². The van der Waals surface area contributed by atoms with Crippen molar-refractivity contribution in [1.82, 2.24) is 5.10 Å². The Morgan fingerprint density at radius 1 is 1.38 bits per heavy atom. The van der Waals surface area contributed by atoms with E-state index in [1.165, 1.54) is 0 Å². The lowest BCUT2D eigenvalue weighted by Gasteiger charge is -2.10. The average molecular weight is 220 g/mol. The summed E-state index contributed by atoms with van der Waals surface area (Å²) in [5, 5.41) is 29.9. The maximum Gasteiger partial charge on any atom is 0.460 e. The number of hydrogen-bond acceptors (Lipinski definition) is 4. The van der Waals surface area contributed by atoms with Crippen LogP contribution in [0.1, 0.15) is 12.5 Å². The van der Waals surface area contributed by atoms with E-state index in [0.29, 0.717) is 21.6 Å². The van der Waals surface area contributed by atoms with Crippen molar-refractivity contribution in [2.24, 2.45) is 0 Å². The predicted molar refractivity (Wildman–Crippen MR) is 58.6 cm³/mol. The fourth-order valence-corrected chi connectivity index (χ4v) is 1.61. The summed E-state index contributed by atoms with van der Waals surface area (Å²) in [7, 11) is 0. The van der Waals surface area contributed by atoms with Gasteiger partial charge in [-0.1, -0.05) is 12.1 Å². The molecule has 0 fully saturated rings. The standard InChI is InChI=1S/C10H12N4O2/c1-3-11-10-12-14(16)8-6-4-5-7(2)9(8)13(10)15/h4-6H,3H2,1-2H3,(H,11,12). The number of aryl methyl sites for hydroxylation is 1. The molecule has 1 N–H and O–H groups in total. The fourth-order valence-electron chi connectivity index (χ4n) is 1.61. The van der Waals surface area contributed by atoms with E-state index in [1.54, 1.807) is 25.1 Å². The lowest BCUT2D eigenvalue weighted by molar-refractivity contribution is -0.672. The van der Waals surface area contributed by atoms with Gasteiger partial charge in [-0.2, -0.15) is 0 Å². The smallest absolute Gasteiger partial charge is 0.460 e. The second kappa shape index (κ2) is 3.80. The third-order valence-corrected chi connectivity index (χ3v) is 2.34. The Morgan fingerprint density at radius 2 is 2.12 bits per heavy atom. The molecule has 0 radical (unpaired) electrons. The number of anilines is 1. The number of aromatic nitrogens is 3. The van der Waals surface area contributed by atoms with Crippen LogP contribution in [0.2, 0.25) is 0 Å². The molecule has 6 heteroatoms. The van der Waals surface area contributed by atoms with Crippen LogP contribution in [0.5, 0.6) is 0 Å². The summed E-state index contributed by atoms with van der Waals surface area (Å²) in [6, 6.07) is 5.08. The van der Waals surface area contributed by atoms with Gasteiger partial charge in [0.25, 0.3) is 5.52 Å². The van der Waals surface area contributed by atoms with Crippen molar-refractivity contribution in [2.75, 3.05) is 11.9 Å². The minimum absolute atomic E-state index is 0.0271. The van der Waals surface area contributed by atoms with Crippen LogP contribution in [0, 0.1) is 17.3 Å². The van der Waals surface area contributed by atoms with Crippen molar-refractivity contribution in [1.29, 1.82) is 0 Å². The lowest BCUT2D eigenvalue weighted by atomic mass is 10.2. The average Bonchev–Trinajstić information content (AvgIpc) is 2.25. The zero-order valence-corrected chi connectivity index (χ0v) is 9.10. The molecule has 1 aromatic carbocycles. The molecule has 16 heavy (non-hydrogen) atoms. The fraction of sp³-hybridized carbons (Fsp3) is 0.300. The van der Waals surface area contributed by atoms with Crippen LogP contribution in [0.3, 0.4) is 0 Å². The summed E-state index contributed by atoms with van der Waals surface area (Å²) >= 11 is 0. The number of hydrogen-bond donors (Lipinski definition) is 1. The molecule has 0 aliphatic rings. The van der Waals surface area contributed by atoms with Crippen LogP contribution in [0.4, 0.5) is 5.95 Å². The van der Waals surface area contributed by atoms with E-state index >= 15 is 0 Å². The third kappa shape index (κ3) is 1.48. The van der Waals surface area contributed by atoms with Gasteiger partial charge in [0.2, 0.25) is 5.10 Å². The zero-order chi connectivity index (χ0) is 11.7. The van der Waals surface area contributed by atoms with E-state index in [9.17, 15) is 10.4 Å². The largest absolute Gasteiger partial charge is 0.739 e. The molecular formula is C10H12N4O2. The van der Waals surface area contributed by atoms with Gasteiger partial charge in [-0.25, -0.2) is 4.73 Å². The van der Waals surface area contributed by atoms with Crippen LogP contribution in [-0.2, 0) is 0 Å². The Hall–Kier alpha value is -2.11. The number of nitrogens with zero attached hydrogens (tertiary/aromatic N) is 3. The predicted octanol–water partition coefficient (Wildman–Crippen LogP) is 0.242. The van der Waals surface area contributed by atoms with E-state index in [1.807, 2.05) is 6.92 Å². The number of nitrogens with one attached hydrogen (secondary N) is 1. The van der Waals surface area contributed by atoms with Gasteiger partial charge in [-0.15, -0.1) is 0 Å².